The Morgan fingerprint density at radius 1 is 1.43 bits per heavy atom. The summed E-state index contributed by atoms with van der Waals surface area (Å²) in [5, 5.41) is 11.7. The number of carboxylic acid groups (broad SMARTS) is 1. The third kappa shape index (κ3) is 6.27. The number of aromatic nitrogens is 2. The molecule has 0 spiro atoms. The first-order valence-electron chi connectivity index (χ1n) is 7.10. The third-order valence-corrected chi connectivity index (χ3v) is 3.01. The Hall–Kier alpha value is -2.73. The standard InChI is InChI=1S/C17H22N4O2/c1-5-14(10-13(2)6-7-17(22)23)15-11-19-12-16(20-15)21(4)9-8-18-3/h5-7,10-12,18H,1-2,8-9H2,3-4H3,(H,22,23)/b7-6+,14-10+. The Kier molecular flexibility index (Phi) is 7.42. The highest BCUT2D eigenvalue weighted by atomic mass is 16.4. The van der Waals surface area contributed by atoms with Crippen LogP contribution < -0.4 is 10.2 Å². The summed E-state index contributed by atoms with van der Waals surface area (Å²) in [6.07, 6.45) is 9.14. The van der Waals surface area contributed by atoms with Crippen molar-refractivity contribution in [1.82, 2.24) is 15.3 Å². The molecular formula is C17H22N4O2. The molecule has 1 rings (SSSR count). The first kappa shape index (κ1) is 18.3. The average molecular weight is 314 g/mol. The van der Waals surface area contributed by atoms with Crippen molar-refractivity contribution in [3.8, 4) is 0 Å². The van der Waals surface area contributed by atoms with E-state index < -0.39 is 5.97 Å². The van der Waals surface area contributed by atoms with Crippen LogP contribution in [0, 0.1) is 0 Å². The largest absolute Gasteiger partial charge is 0.478 e. The van der Waals surface area contributed by atoms with Crippen LogP contribution in [0.4, 0.5) is 5.82 Å². The molecule has 1 heterocycles. The number of nitrogens with one attached hydrogen (secondary N) is 1. The van der Waals surface area contributed by atoms with Crippen LogP contribution in [0.5, 0.6) is 0 Å². The van der Waals surface area contributed by atoms with Crippen LogP contribution in [0.25, 0.3) is 5.57 Å². The van der Waals surface area contributed by atoms with Gasteiger partial charge in [0.15, 0.2) is 0 Å². The molecule has 0 unspecified atom stereocenters. The summed E-state index contributed by atoms with van der Waals surface area (Å²) in [7, 11) is 3.84. The SMILES string of the molecule is C=C/C(=C\C(=C)/C=C/C(=O)O)c1cncc(N(C)CCNC)n1. The number of anilines is 1. The molecule has 0 aliphatic rings. The molecule has 0 saturated carbocycles. The molecule has 23 heavy (non-hydrogen) atoms. The first-order valence-corrected chi connectivity index (χ1v) is 7.10. The Labute approximate surface area is 136 Å². The van der Waals surface area contributed by atoms with E-state index in [0.29, 0.717) is 11.3 Å². The summed E-state index contributed by atoms with van der Waals surface area (Å²) >= 11 is 0. The lowest BCUT2D eigenvalue weighted by Crippen LogP contribution is -2.27. The van der Waals surface area contributed by atoms with Gasteiger partial charge in [-0.1, -0.05) is 19.2 Å². The van der Waals surface area contributed by atoms with Crippen molar-refractivity contribution < 1.29 is 9.90 Å². The van der Waals surface area contributed by atoms with Gasteiger partial charge in [-0.15, -0.1) is 0 Å². The maximum absolute atomic E-state index is 10.5. The Bertz CT molecular complexity index is 635. The van der Waals surface area contributed by atoms with E-state index in [9.17, 15) is 4.79 Å². The monoisotopic (exact) mass is 314 g/mol. The van der Waals surface area contributed by atoms with Crippen LogP contribution in [0.3, 0.4) is 0 Å². The van der Waals surface area contributed by atoms with Gasteiger partial charge in [0.05, 0.1) is 18.1 Å². The number of likely N-dealkylation sites (N-methyl/N-ethyl adjacent to an activating group) is 2. The second-order valence-corrected chi connectivity index (χ2v) is 4.84. The fourth-order valence-corrected chi connectivity index (χ4v) is 1.74. The molecule has 0 radical (unpaired) electrons. The Balaban J connectivity index is 3.00. The maximum atomic E-state index is 10.5. The normalized spacial score (nSPS) is 11.5. The van der Waals surface area contributed by atoms with E-state index in [1.54, 1.807) is 24.5 Å². The second kappa shape index (κ2) is 9.32. The molecule has 6 heteroatoms. The smallest absolute Gasteiger partial charge is 0.328 e. The summed E-state index contributed by atoms with van der Waals surface area (Å²) < 4.78 is 0. The summed E-state index contributed by atoms with van der Waals surface area (Å²) in [6.45, 7) is 9.20. The van der Waals surface area contributed by atoms with Crippen molar-refractivity contribution in [1.29, 1.82) is 0 Å². The molecule has 122 valence electrons. The van der Waals surface area contributed by atoms with Gasteiger partial charge in [0.2, 0.25) is 0 Å². The van der Waals surface area contributed by atoms with E-state index in [0.717, 1.165) is 30.6 Å². The van der Waals surface area contributed by atoms with Crippen molar-refractivity contribution in [2.24, 2.45) is 0 Å². The number of aliphatic carboxylic acids is 1. The highest BCUT2D eigenvalue weighted by Gasteiger charge is 2.06. The van der Waals surface area contributed by atoms with E-state index in [2.05, 4.69) is 28.4 Å². The molecule has 1 aromatic rings. The number of rotatable bonds is 9. The molecule has 6 nitrogen and oxygen atoms in total. The minimum atomic E-state index is -1.02. The Morgan fingerprint density at radius 2 is 2.17 bits per heavy atom. The van der Waals surface area contributed by atoms with Crippen LogP contribution in [0.2, 0.25) is 0 Å². The van der Waals surface area contributed by atoms with E-state index >= 15 is 0 Å². The summed E-state index contributed by atoms with van der Waals surface area (Å²) in [4.78, 5) is 21.3. The predicted octanol–water partition coefficient (Wildman–Crippen LogP) is 1.90. The highest BCUT2D eigenvalue weighted by molar-refractivity contribution is 5.81. The minimum Gasteiger partial charge on any atom is -0.478 e. The zero-order chi connectivity index (χ0) is 17.2. The van der Waals surface area contributed by atoms with E-state index in [4.69, 9.17) is 5.11 Å². The van der Waals surface area contributed by atoms with E-state index in [1.807, 2.05) is 19.0 Å². The maximum Gasteiger partial charge on any atom is 0.328 e. The Morgan fingerprint density at radius 3 is 2.78 bits per heavy atom. The molecule has 0 saturated heterocycles. The van der Waals surface area contributed by atoms with Crippen molar-refractivity contribution in [3.63, 3.8) is 0 Å². The summed E-state index contributed by atoms with van der Waals surface area (Å²) in [5.41, 5.74) is 1.91. The number of carboxylic acids is 1. The molecule has 1 aromatic heterocycles. The van der Waals surface area contributed by atoms with Crippen molar-refractivity contribution >= 4 is 17.4 Å². The molecule has 0 amide bonds. The van der Waals surface area contributed by atoms with Crippen LogP contribution >= 0.6 is 0 Å². The number of hydrogen-bond donors (Lipinski definition) is 2. The zero-order valence-corrected chi connectivity index (χ0v) is 13.5. The van der Waals surface area contributed by atoms with E-state index in [-0.39, 0.29) is 0 Å². The quantitative estimate of drug-likeness (QED) is 0.535. The molecule has 0 aliphatic carbocycles. The molecule has 2 N–H and O–H groups in total. The lowest BCUT2D eigenvalue weighted by Gasteiger charge is -2.18. The van der Waals surface area contributed by atoms with Crippen molar-refractivity contribution in [2.45, 2.75) is 0 Å². The minimum absolute atomic E-state index is 0.540. The number of hydrogen-bond acceptors (Lipinski definition) is 5. The predicted molar refractivity (Wildman–Crippen MR) is 93.3 cm³/mol. The number of allylic oxidation sites excluding steroid dienone is 5. The van der Waals surface area contributed by atoms with Crippen LogP contribution in [0.15, 0.2) is 55.4 Å². The van der Waals surface area contributed by atoms with Gasteiger partial charge in [0, 0.05) is 31.8 Å². The van der Waals surface area contributed by atoms with Gasteiger partial charge < -0.3 is 15.3 Å². The molecule has 0 bridgehead atoms. The van der Waals surface area contributed by atoms with Gasteiger partial charge in [0.1, 0.15) is 5.82 Å². The first-order chi connectivity index (χ1) is 11.0. The van der Waals surface area contributed by atoms with Gasteiger partial charge in [0.25, 0.3) is 0 Å². The summed E-state index contributed by atoms with van der Waals surface area (Å²) in [6, 6.07) is 0. The van der Waals surface area contributed by atoms with Crippen LogP contribution in [-0.4, -0.2) is 48.2 Å². The zero-order valence-electron chi connectivity index (χ0n) is 13.5. The molecule has 0 atom stereocenters. The molecular weight excluding hydrogens is 292 g/mol. The van der Waals surface area contributed by atoms with Gasteiger partial charge in [-0.2, -0.15) is 0 Å². The van der Waals surface area contributed by atoms with Crippen LogP contribution in [-0.2, 0) is 4.79 Å². The van der Waals surface area contributed by atoms with Crippen molar-refractivity contribution in [3.05, 3.63) is 61.1 Å². The number of nitrogens with zero attached hydrogens (tertiary/aromatic N) is 3. The second-order valence-electron chi connectivity index (χ2n) is 4.84. The fourth-order valence-electron chi connectivity index (χ4n) is 1.74. The third-order valence-electron chi connectivity index (χ3n) is 3.01. The lowest BCUT2D eigenvalue weighted by atomic mass is 10.1. The molecule has 0 fully saturated rings. The lowest BCUT2D eigenvalue weighted by molar-refractivity contribution is -0.131. The van der Waals surface area contributed by atoms with Gasteiger partial charge in [-0.05, 0) is 24.8 Å². The van der Waals surface area contributed by atoms with Gasteiger partial charge in [-0.3, -0.25) is 4.98 Å². The van der Waals surface area contributed by atoms with Crippen LogP contribution in [0.1, 0.15) is 5.69 Å². The van der Waals surface area contributed by atoms with Crippen molar-refractivity contribution in [2.75, 3.05) is 32.1 Å². The van der Waals surface area contributed by atoms with E-state index in [1.165, 1.54) is 6.08 Å². The summed E-state index contributed by atoms with van der Waals surface area (Å²) in [5.74, 6) is -0.273. The highest BCUT2D eigenvalue weighted by Crippen LogP contribution is 2.17. The van der Waals surface area contributed by atoms with Gasteiger partial charge in [-0.25, -0.2) is 9.78 Å². The number of carbonyl (C=O) groups is 1. The fraction of sp³-hybridized carbons (Fsp3) is 0.235. The molecule has 0 aliphatic heterocycles. The topological polar surface area (TPSA) is 78.3 Å². The molecule has 0 aromatic carbocycles. The van der Waals surface area contributed by atoms with Gasteiger partial charge >= 0.3 is 5.97 Å². The average Bonchev–Trinajstić information content (AvgIpc) is 2.55.